The second kappa shape index (κ2) is 6.15. The molecule has 2 heterocycles. The van der Waals surface area contributed by atoms with E-state index < -0.39 is 0 Å². The van der Waals surface area contributed by atoms with Gasteiger partial charge in [-0.05, 0) is 17.7 Å². The largest absolute Gasteiger partial charge is 0.481 e. The van der Waals surface area contributed by atoms with Gasteiger partial charge in [0, 0.05) is 35.6 Å². The van der Waals surface area contributed by atoms with Crippen LogP contribution >= 0.6 is 11.3 Å². The van der Waals surface area contributed by atoms with Crippen molar-refractivity contribution in [3.63, 3.8) is 0 Å². The molecule has 0 amide bonds. The number of pyridine rings is 1. The summed E-state index contributed by atoms with van der Waals surface area (Å²) in [5.41, 5.74) is 1.85. The van der Waals surface area contributed by atoms with Crippen molar-refractivity contribution in [2.75, 3.05) is 7.11 Å². The average molecular weight is 259 g/mol. The van der Waals surface area contributed by atoms with Gasteiger partial charge in [-0.1, -0.05) is 0 Å². The highest BCUT2D eigenvalue weighted by Crippen LogP contribution is 2.14. The first-order chi connectivity index (χ1) is 8.81. The van der Waals surface area contributed by atoms with Crippen molar-refractivity contribution in [2.24, 2.45) is 0 Å². The second-order valence-electron chi connectivity index (χ2n) is 3.72. The van der Waals surface area contributed by atoms with Crippen LogP contribution in [-0.2, 0) is 13.1 Å². The van der Waals surface area contributed by atoms with Crippen molar-refractivity contribution < 1.29 is 4.74 Å². The smallest absolute Gasteiger partial charge is 0.213 e. The van der Waals surface area contributed by atoms with Crippen LogP contribution in [0.25, 0.3) is 0 Å². The Labute approximate surface area is 110 Å². The van der Waals surface area contributed by atoms with Crippen molar-refractivity contribution in [1.82, 2.24) is 10.3 Å². The summed E-state index contributed by atoms with van der Waals surface area (Å²) < 4.78 is 5.06. The number of aromatic nitrogens is 1. The van der Waals surface area contributed by atoms with E-state index in [1.165, 1.54) is 0 Å². The van der Waals surface area contributed by atoms with Gasteiger partial charge in [-0.3, -0.25) is 0 Å². The third-order valence-corrected chi connectivity index (χ3v) is 3.36. The molecule has 0 radical (unpaired) electrons. The van der Waals surface area contributed by atoms with E-state index in [0.29, 0.717) is 5.88 Å². The molecule has 0 saturated heterocycles. The summed E-state index contributed by atoms with van der Waals surface area (Å²) in [7, 11) is 1.61. The lowest BCUT2D eigenvalue weighted by molar-refractivity contribution is 0.397. The highest BCUT2D eigenvalue weighted by Gasteiger charge is 2.00. The molecule has 0 unspecified atom stereocenters. The van der Waals surface area contributed by atoms with E-state index in [2.05, 4.69) is 16.4 Å². The van der Waals surface area contributed by atoms with E-state index in [9.17, 15) is 0 Å². The third kappa shape index (κ3) is 3.29. The Kier molecular flexibility index (Phi) is 4.29. The van der Waals surface area contributed by atoms with Crippen molar-refractivity contribution in [3.05, 3.63) is 45.8 Å². The molecule has 0 spiro atoms. The van der Waals surface area contributed by atoms with E-state index in [1.54, 1.807) is 24.6 Å². The maximum absolute atomic E-state index is 8.73. The molecular weight excluding hydrogens is 246 g/mol. The van der Waals surface area contributed by atoms with Crippen molar-refractivity contribution in [1.29, 1.82) is 5.26 Å². The van der Waals surface area contributed by atoms with Crippen LogP contribution in [0.4, 0.5) is 0 Å². The van der Waals surface area contributed by atoms with E-state index in [4.69, 9.17) is 10.00 Å². The Morgan fingerprint density at radius 3 is 3.06 bits per heavy atom. The maximum Gasteiger partial charge on any atom is 0.213 e. The fourth-order valence-electron chi connectivity index (χ4n) is 1.53. The first-order valence-corrected chi connectivity index (χ1v) is 6.37. The standard InChI is InChI=1S/C13H13N3OS/c1-17-13-5-10(2-3-16-13)7-15-8-12-4-11(6-14)9-18-12/h2-5,9,15H,7-8H2,1H3. The minimum atomic E-state index is 0.622. The lowest BCUT2D eigenvalue weighted by Gasteiger charge is -2.04. The summed E-state index contributed by atoms with van der Waals surface area (Å²) in [6.45, 7) is 1.51. The van der Waals surface area contributed by atoms with Crippen LogP contribution in [0, 0.1) is 11.3 Å². The number of rotatable bonds is 5. The quantitative estimate of drug-likeness (QED) is 0.895. The summed E-state index contributed by atoms with van der Waals surface area (Å²) >= 11 is 1.59. The molecule has 0 aliphatic heterocycles. The van der Waals surface area contributed by atoms with Gasteiger partial charge in [0.1, 0.15) is 6.07 Å². The van der Waals surface area contributed by atoms with Gasteiger partial charge in [0.05, 0.1) is 12.7 Å². The van der Waals surface area contributed by atoms with Crippen LogP contribution < -0.4 is 10.1 Å². The molecule has 2 aromatic heterocycles. The van der Waals surface area contributed by atoms with Gasteiger partial charge in [-0.2, -0.15) is 5.26 Å². The molecule has 2 rings (SSSR count). The summed E-state index contributed by atoms with van der Waals surface area (Å²) in [5, 5.41) is 13.9. The zero-order valence-corrected chi connectivity index (χ0v) is 10.8. The van der Waals surface area contributed by atoms with Gasteiger partial charge in [0.15, 0.2) is 0 Å². The van der Waals surface area contributed by atoms with Crippen molar-refractivity contribution in [2.45, 2.75) is 13.1 Å². The maximum atomic E-state index is 8.73. The summed E-state index contributed by atoms with van der Waals surface area (Å²) in [5.74, 6) is 0.622. The fraction of sp³-hybridized carbons (Fsp3) is 0.231. The summed E-state index contributed by atoms with van der Waals surface area (Å²) in [4.78, 5) is 5.21. The Bertz CT molecular complexity index is 559. The van der Waals surface area contributed by atoms with E-state index >= 15 is 0 Å². The number of thiophene rings is 1. The predicted molar refractivity (Wildman–Crippen MR) is 70.4 cm³/mol. The zero-order valence-electron chi connectivity index (χ0n) is 10.0. The number of methoxy groups -OCH3 is 1. The molecule has 0 aliphatic rings. The van der Waals surface area contributed by atoms with Crippen molar-refractivity contribution in [3.8, 4) is 11.9 Å². The molecule has 92 valence electrons. The number of nitriles is 1. The third-order valence-electron chi connectivity index (χ3n) is 2.42. The average Bonchev–Trinajstić information content (AvgIpc) is 2.87. The SMILES string of the molecule is COc1cc(CNCc2cc(C#N)cs2)ccn1. The molecule has 5 heteroatoms. The zero-order chi connectivity index (χ0) is 12.8. The molecule has 0 atom stereocenters. The van der Waals surface area contributed by atoms with Crippen molar-refractivity contribution >= 4 is 11.3 Å². The molecule has 0 aliphatic carbocycles. The van der Waals surface area contributed by atoms with Crippen LogP contribution in [-0.4, -0.2) is 12.1 Å². The molecule has 1 N–H and O–H groups in total. The predicted octanol–water partition coefficient (Wildman–Crippen LogP) is 2.31. The van der Waals surface area contributed by atoms with Crippen LogP contribution in [0.15, 0.2) is 29.8 Å². The van der Waals surface area contributed by atoms with Gasteiger partial charge in [0.25, 0.3) is 0 Å². The van der Waals surface area contributed by atoms with Gasteiger partial charge >= 0.3 is 0 Å². The Hall–Kier alpha value is -1.90. The van der Waals surface area contributed by atoms with Crippen LogP contribution in [0.2, 0.25) is 0 Å². The van der Waals surface area contributed by atoms with E-state index in [0.717, 1.165) is 29.1 Å². The molecule has 18 heavy (non-hydrogen) atoms. The number of hydrogen-bond donors (Lipinski definition) is 1. The van der Waals surface area contributed by atoms with Gasteiger partial charge in [-0.15, -0.1) is 11.3 Å². The fourth-order valence-corrected chi connectivity index (χ4v) is 2.31. The molecule has 4 nitrogen and oxygen atoms in total. The number of ether oxygens (including phenoxy) is 1. The minimum absolute atomic E-state index is 0.622. The van der Waals surface area contributed by atoms with Crippen LogP contribution in [0.3, 0.4) is 0 Å². The molecule has 2 aromatic rings. The van der Waals surface area contributed by atoms with E-state index in [1.807, 2.05) is 23.6 Å². The lowest BCUT2D eigenvalue weighted by atomic mass is 10.2. The topological polar surface area (TPSA) is 57.9 Å². The molecule has 0 fully saturated rings. The minimum Gasteiger partial charge on any atom is -0.481 e. The monoisotopic (exact) mass is 259 g/mol. The normalized spacial score (nSPS) is 10.0. The van der Waals surface area contributed by atoms with Crippen LogP contribution in [0.5, 0.6) is 5.88 Å². The molecule has 0 bridgehead atoms. The Morgan fingerprint density at radius 2 is 2.33 bits per heavy atom. The first-order valence-electron chi connectivity index (χ1n) is 5.49. The second-order valence-corrected chi connectivity index (χ2v) is 4.72. The highest BCUT2D eigenvalue weighted by molar-refractivity contribution is 7.10. The van der Waals surface area contributed by atoms with Gasteiger partial charge < -0.3 is 10.1 Å². The van der Waals surface area contributed by atoms with Gasteiger partial charge in [-0.25, -0.2) is 4.98 Å². The van der Waals surface area contributed by atoms with Gasteiger partial charge in [0.2, 0.25) is 5.88 Å². The number of nitrogens with zero attached hydrogens (tertiary/aromatic N) is 2. The first kappa shape index (κ1) is 12.6. The molecular formula is C13H13N3OS. The molecule has 0 aromatic carbocycles. The number of hydrogen-bond acceptors (Lipinski definition) is 5. The Balaban J connectivity index is 1.86. The lowest BCUT2D eigenvalue weighted by Crippen LogP contribution is -2.11. The molecule has 0 saturated carbocycles. The van der Waals surface area contributed by atoms with E-state index in [-0.39, 0.29) is 0 Å². The number of nitrogens with one attached hydrogen (secondary N) is 1. The summed E-state index contributed by atoms with van der Waals surface area (Å²) in [6, 6.07) is 7.89. The summed E-state index contributed by atoms with van der Waals surface area (Å²) in [6.07, 6.45) is 1.73. The van der Waals surface area contributed by atoms with Crippen LogP contribution in [0.1, 0.15) is 16.0 Å². The highest BCUT2D eigenvalue weighted by atomic mass is 32.1. The Morgan fingerprint density at radius 1 is 1.44 bits per heavy atom.